The number of carbonyl (C=O) groups excluding carboxylic acids is 2. The Hall–Kier alpha value is -2.38. The minimum absolute atomic E-state index is 0.0327. The third kappa shape index (κ3) is 5.41. The zero-order chi connectivity index (χ0) is 24.6. The highest BCUT2D eigenvalue weighted by Gasteiger charge is 2.38. The molecule has 1 saturated carbocycles. The monoisotopic (exact) mass is 481 g/mol. The molecule has 2 N–H and O–H groups in total. The van der Waals surface area contributed by atoms with E-state index in [0.717, 1.165) is 55.8 Å². The molecular weight excluding hydrogens is 442 g/mol. The van der Waals surface area contributed by atoms with Crippen molar-refractivity contribution in [2.45, 2.75) is 95.5 Å². The average molecular weight is 482 g/mol. The van der Waals surface area contributed by atoms with Crippen LogP contribution in [-0.4, -0.2) is 53.7 Å². The van der Waals surface area contributed by atoms with E-state index in [0.29, 0.717) is 36.9 Å². The van der Waals surface area contributed by atoms with Crippen LogP contribution in [0.2, 0.25) is 0 Å². The van der Waals surface area contributed by atoms with Crippen LogP contribution in [0.25, 0.3) is 0 Å². The molecule has 0 radical (unpaired) electrons. The van der Waals surface area contributed by atoms with Gasteiger partial charge in [0.25, 0.3) is 5.91 Å². The summed E-state index contributed by atoms with van der Waals surface area (Å²) in [5, 5.41) is 6.62. The predicted molar refractivity (Wildman–Crippen MR) is 134 cm³/mol. The molecule has 7 heteroatoms. The molecule has 3 fully saturated rings. The Bertz CT molecular complexity index is 990. The number of carbonyl (C=O) groups is 2. The summed E-state index contributed by atoms with van der Waals surface area (Å²) in [5.41, 5.74) is 2.31. The van der Waals surface area contributed by atoms with Crippen LogP contribution in [0.15, 0.2) is 30.5 Å². The molecule has 2 amide bonds. The van der Waals surface area contributed by atoms with Gasteiger partial charge in [-0.2, -0.15) is 0 Å². The molecule has 0 aromatic heterocycles. The van der Waals surface area contributed by atoms with E-state index in [9.17, 15) is 9.59 Å². The van der Waals surface area contributed by atoms with Gasteiger partial charge in [0.2, 0.25) is 5.91 Å². The van der Waals surface area contributed by atoms with E-state index in [1.54, 1.807) is 4.90 Å². The number of piperidine rings is 1. The molecule has 1 aromatic rings. The van der Waals surface area contributed by atoms with Crippen LogP contribution in [0.4, 0.5) is 0 Å². The fraction of sp³-hybridized carbons (Fsp3) is 0.643. The molecule has 3 aliphatic heterocycles. The van der Waals surface area contributed by atoms with E-state index >= 15 is 0 Å². The van der Waals surface area contributed by atoms with Crippen molar-refractivity contribution in [1.29, 1.82) is 0 Å². The largest absolute Gasteiger partial charge is 0.489 e. The fourth-order valence-electron chi connectivity index (χ4n) is 6.20. The number of amides is 2. The highest BCUT2D eigenvalue weighted by molar-refractivity contribution is 6.01. The molecule has 2 unspecified atom stereocenters. The number of ether oxygens (including phenoxy) is 2. The maximum Gasteiger partial charge on any atom is 0.255 e. The lowest BCUT2D eigenvalue weighted by Crippen LogP contribution is -2.49. The fourth-order valence-corrected chi connectivity index (χ4v) is 6.20. The SMILES string of the molecule is C=C1CCC(N2Cc3cc(O[C@H]4CCCC[C@@H]4NCC4CCOC(C)(C)C4)ccc3C2=O)C(=O)N1. The number of fused-ring (bicyclic) bond motifs is 1. The Kier molecular flexibility index (Phi) is 6.91. The number of nitrogens with zero attached hydrogens (tertiary/aromatic N) is 1. The molecule has 0 bridgehead atoms. The number of nitrogens with one attached hydrogen (secondary N) is 2. The number of hydrogen-bond acceptors (Lipinski definition) is 5. The molecule has 4 aliphatic rings. The zero-order valence-electron chi connectivity index (χ0n) is 21.1. The van der Waals surface area contributed by atoms with E-state index < -0.39 is 6.04 Å². The predicted octanol–water partition coefficient (Wildman–Crippen LogP) is 3.92. The summed E-state index contributed by atoms with van der Waals surface area (Å²) >= 11 is 0. The maximum absolute atomic E-state index is 13.0. The van der Waals surface area contributed by atoms with Gasteiger partial charge in [-0.25, -0.2) is 0 Å². The van der Waals surface area contributed by atoms with Crippen molar-refractivity contribution in [1.82, 2.24) is 15.5 Å². The van der Waals surface area contributed by atoms with E-state index in [1.807, 2.05) is 18.2 Å². The Morgan fingerprint density at radius 1 is 1.20 bits per heavy atom. The summed E-state index contributed by atoms with van der Waals surface area (Å²) in [6.45, 7) is 10.5. The van der Waals surface area contributed by atoms with Crippen LogP contribution >= 0.6 is 0 Å². The Balaban J connectivity index is 1.21. The summed E-state index contributed by atoms with van der Waals surface area (Å²) in [6, 6.07) is 5.67. The smallest absolute Gasteiger partial charge is 0.255 e. The van der Waals surface area contributed by atoms with Crippen LogP contribution in [0.1, 0.15) is 81.1 Å². The van der Waals surface area contributed by atoms with Crippen LogP contribution in [0, 0.1) is 5.92 Å². The Morgan fingerprint density at radius 3 is 2.83 bits per heavy atom. The van der Waals surface area contributed by atoms with E-state index in [4.69, 9.17) is 9.47 Å². The van der Waals surface area contributed by atoms with Crippen molar-refractivity contribution in [2.24, 2.45) is 5.92 Å². The lowest BCUT2D eigenvalue weighted by Gasteiger charge is -2.38. The highest BCUT2D eigenvalue weighted by atomic mass is 16.5. The van der Waals surface area contributed by atoms with E-state index in [2.05, 4.69) is 31.1 Å². The van der Waals surface area contributed by atoms with E-state index in [1.165, 1.54) is 12.8 Å². The Labute approximate surface area is 208 Å². The van der Waals surface area contributed by atoms with Gasteiger partial charge in [0.05, 0.1) is 5.60 Å². The first-order valence-electron chi connectivity index (χ1n) is 13.3. The number of allylic oxidation sites excluding steroid dienone is 1. The second-order valence-electron chi connectivity index (χ2n) is 11.3. The summed E-state index contributed by atoms with van der Waals surface area (Å²) < 4.78 is 12.4. The zero-order valence-corrected chi connectivity index (χ0v) is 21.1. The van der Waals surface area contributed by atoms with Crippen LogP contribution in [0.5, 0.6) is 5.75 Å². The first kappa shape index (κ1) is 24.3. The van der Waals surface area contributed by atoms with Crippen molar-refractivity contribution in [3.8, 4) is 5.75 Å². The minimum Gasteiger partial charge on any atom is -0.489 e. The summed E-state index contributed by atoms with van der Waals surface area (Å²) in [5.74, 6) is 1.23. The summed E-state index contributed by atoms with van der Waals surface area (Å²) in [4.78, 5) is 27.2. The Morgan fingerprint density at radius 2 is 2.03 bits per heavy atom. The van der Waals surface area contributed by atoms with Crippen molar-refractivity contribution in [3.63, 3.8) is 0 Å². The third-order valence-corrected chi connectivity index (χ3v) is 8.06. The van der Waals surface area contributed by atoms with Crippen molar-refractivity contribution >= 4 is 11.8 Å². The van der Waals surface area contributed by atoms with Gasteiger partial charge in [-0.15, -0.1) is 0 Å². The molecule has 4 atom stereocenters. The second kappa shape index (κ2) is 9.94. The summed E-state index contributed by atoms with van der Waals surface area (Å²) in [7, 11) is 0. The standard InChI is InChI=1S/C28H39N3O4/c1-18-8-11-24(26(32)30-18)31-17-20-14-21(9-10-22(20)27(31)33)35-25-7-5-4-6-23(25)29-16-19-12-13-34-28(2,3)15-19/h9-10,14,19,23-25,29H,1,4-8,11-13,15-17H2,2-3H3,(H,30,32)/t19?,23-,24?,25-/m0/s1. The molecule has 7 nitrogen and oxygen atoms in total. The first-order chi connectivity index (χ1) is 16.8. The summed E-state index contributed by atoms with van der Waals surface area (Å²) in [6.07, 6.45) is 8.18. The molecule has 5 rings (SSSR count). The maximum atomic E-state index is 13.0. The molecule has 35 heavy (non-hydrogen) atoms. The highest BCUT2D eigenvalue weighted by Crippen LogP contribution is 2.33. The van der Waals surface area contributed by atoms with Gasteiger partial charge in [-0.1, -0.05) is 13.0 Å². The van der Waals surface area contributed by atoms with Crippen molar-refractivity contribution in [3.05, 3.63) is 41.6 Å². The topological polar surface area (TPSA) is 79.9 Å². The molecule has 1 aromatic carbocycles. The van der Waals surface area contributed by atoms with Gasteiger partial charge in [-0.05, 0) is 95.0 Å². The molecule has 1 aliphatic carbocycles. The molecular formula is C28H39N3O4. The van der Waals surface area contributed by atoms with E-state index in [-0.39, 0.29) is 23.5 Å². The molecule has 3 heterocycles. The lowest BCUT2D eigenvalue weighted by atomic mass is 9.87. The van der Waals surface area contributed by atoms with Gasteiger partial charge in [-0.3, -0.25) is 9.59 Å². The molecule has 2 saturated heterocycles. The molecule has 0 spiro atoms. The second-order valence-corrected chi connectivity index (χ2v) is 11.3. The van der Waals surface area contributed by atoms with Crippen LogP contribution in [0.3, 0.4) is 0 Å². The quantitative estimate of drug-likeness (QED) is 0.644. The van der Waals surface area contributed by atoms with Gasteiger partial charge in [0.1, 0.15) is 17.9 Å². The molecule has 190 valence electrons. The number of benzene rings is 1. The van der Waals surface area contributed by atoms with Gasteiger partial charge in [0, 0.05) is 30.5 Å². The number of rotatable bonds is 6. The van der Waals surface area contributed by atoms with Gasteiger partial charge in [0.15, 0.2) is 0 Å². The average Bonchev–Trinajstić information content (AvgIpc) is 3.13. The van der Waals surface area contributed by atoms with Crippen LogP contribution < -0.4 is 15.4 Å². The third-order valence-electron chi connectivity index (χ3n) is 8.06. The first-order valence-corrected chi connectivity index (χ1v) is 13.3. The van der Waals surface area contributed by atoms with Gasteiger partial charge >= 0.3 is 0 Å². The minimum atomic E-state index is -0.438. The number of hydrogen-bond donors (Lipinski definition) is 2. The normalized spacial score (nSPS) is 30.7. The van der Waals surface area contributed by atoms with Crippen molar-refractivity contribution in [2.75, 3.05) is 13.2 Å². The van der Waals surface area contributed by atoms with Crippen molar-refractivity contribution < 1.29 is 19.1 Å². The van der Waals surface area contributed by atoms with Crippen LogP contribution in [-0.2, 0) is 16.1 Å². The van der Waals surface area contributed by atoms with Gasteiger partial charge < -0.3 is 25.0 Å². The lowest BCUT2D eigenvalue weighted by molar-refractivity contribution is -0.126.